The number of amides is 2. The Bertz CT molecular complexity index is 906. The van der Waals surface area contributed by atoms with E-state index in [1.54, 1.807) is 25.6 Å². The topological polar surface area (TPSA) is 91.9 Å². The number of hydrogen-bond acceptors (Lipinski definition) is 4. The quantitative estimate of drug-likeness (QED) is 0.654. The molecular formula is C19H21N5O2. The summed E-state index contributed by atoms with van der Waals surface area (Å²) in [6.45, 7) is 3.87. The van der Waals surface area contributed by atoms with Crippen molar-refractivity contribution in [2.45, 2.75) is 19.9 Å². The summed E-state index contributed by atoms with van der Waals surface area (Å²) < 4.78 is 5.21. The van der Waals surface area contributed by atoms with Crippen molar-refractivity contribution in [2.24, 2.45) is 0 Å². The predicted molar refractivity (Wildman–Crippen MR) is 100 cm³/mol. The van der Waals surface area contributed by atoms with Gasteiger partial charge >= 0.3 is 6.03 Å². The molecule has 0 unspecified atom stereocenters. The summed E-state index contributed by atoms with van der Waals surface area (Å²) in [6.07, 6.45) is 3.49. The molecule has 0 bridgehead atoms. The number of urea groups is 1. The van der Waals surface area contributed by atoms with E-state index in [-0.39, 0.29) is 12.1 Å². The summed E-state index contributed by atoms with van der Waals surface area (Å²) in [5, 5.41) is 12.7. The first-order valence-corrected chi connectivity index (χ1v) is 8.24. The maximum atomic E-state index is 12.3. The average molecular weight is 351 g/mol. The van der Waals surface area contributed by atoms with Crippen molar-refractivity contribution in [1.82, 2.24) is 20.5 Å². The highest BCUT2D eigenvalue weighted by Crippen LogP contribution is 2.22. The molecule has 0 aliphatic rings. The lowest BCUT2D eigenvalue weighted by molar-refractivity contribution is 0.249. The van der Waals surface area contributed by atoms with Crippen LogP contribution in [0.4, 0.5) is 10.6 Å². The highest BCUT2D eigenvalue weighted by molar-refractivity contribution is 5.89. The van der Waals surface area contributed by atoms with E-state index >= 15 is 0 Å². The van der Waals surface area contributed by atoms with Crippen molar-refractivity contribution < 1.29 is 9.53 Å². The van der Waals surface area contributed by atoms with Crippen LogP contribution in [0.3, 0.4) is 0 Å². The summed E-state index contributed by atoms with van der Waals surface area (Å²) in [5.41, 5.74) is 3.69. The summed E-state index contributed by atoms with van der Waals surface area (Å²) in [4.78, 5) is 16.3. The zero-order valence-electron chi connectivity index (χ0n) is 14.9. The van der Waals surface area contributed by atoms with E-state index in [1.807, 2.05) is 44.2 Å². The number of ether oxygens (including phenoxy) is 1. The van der Waals surface area contributed by atoms with Gasteiger partial charge in [-0.15, -0.1) is 0 Å². The SMILES string of the molecule is COc1cccc([C@@H](C)NC(=O)Nc2cc(-c3ccncc3C)n[nH]2)c1. The number of pyridine rings is 1. The molecule has 3 aromatic rings. The van der Waals surface area contributed by atoms with E-state index in [9.17, 15) is 4.79 Å². The van der Waals surface area contributed by atoms with E-state index in [4.69, 9.17) is 4.74 Å². The number of carbonyl (C=O) groups is 1. The molecule has 3 N–H and O–H groups in total. The van der Waals surface area contributed by atoms with Gasteiger partial charge in [-0.05, 0) is 43.2 Å². The van der Waals surface area contributed by atoms with Crippen LogP contribution in [0, 0.1) is 6.92 Å². The molecular weight excluding hydrogens is 330 g/mol. The Kier molecular flexibility index (Phi) is 5.17. The number of rotatable bonds is 5. The number of aryl methyl sites for hydroxylation is 1. The van der Waals surface area contributed by atoms with Gasteiger partial charge in [-0.1, -0.05) is 12.1 Å². The zero-order chi connectivity index (χ0) is 18.5. The molecule has 2 aromatic heterocycles. The molecule has 2 heterocycles. The number of hydrogen-bond donors (Lipinski definition) is 3. The van der Waals surface area contributed by atoms with Crippen LogP contribution in [0.2, 0.25) is 0 Å². The number of aromatic amines is 1. The number of benzene rings is 1. The van der Waals surface area contributed by atoms with Gasteiger partial charge in [0.25, 0.3) is 0 Å². The van der Waals surface area contributed by atoms with Gasteiger partial charge in [0, 0.05) is 24.0 Å². The first-order chi connectivity index (χ1) is 12.6. The van der Waals surface area contributed by atoms with Crippen molar-refractivity contribution in [3.8, 4) is 17.0 Å². The molecule has 3 rings (SSSR count). The third-order valence-electron chi connectivity index (χ3n) is 4.06. The van der Waals surface area contributed by atoms with Gasteiger partial charge in [0.1, 0.15) is 11.6 Å². The maximum absolute atomic E-state index is 12.3. The van der Waals surface area contributed by atoms with E-state index in [0.29, 0.717) is 5.82 Å². The Labute approximate surface area is 151 Å². The van der Waals surface area contributed by atoms with Crippen LogP contribution in [0.1, 0.15) is 24.1 Å². The van der Waals surface area contributed by atoms with E-state index in [2.05, 4.69) is 25.8 Å². The molecule has 7 heteroatoms. The third kappa shape index (κ3) is 4.00. The number of H-pyrrole nitrogens is 1. The first kappa shape index (κ1) is 17.5. The van der Waals surface area contributed by atoms with Gasteiger partial charge in [-0.3, -0.25) is 15.4 Å². The Balaban J connectivity index is 1.64. The monoisotopic (exact) mass is 351 g/mol. The minimum Gasteiger partial charge on any atom is -0.497 e. The predicted octanol–water partition coefficient (Wildman–Crippen LogP) is 3.67. The molecule has 0 saturated heterocycles. The van der Waals surface area contributed by atoms with Gasteiger partial charge in [0.05, 0.1) is 18.8 Å². The maximum Gasteiger partial charge on any atom is 0.320 e. The van der Waals surface area contributed by atoms with Crippen LogP contribution < -0.4 is 15.4 Å². The van der Waals surface area contributed by atoms with Crippen LogP contribution >= 0.6 is 0 Å². The molecule has 0 aliphatic heterocycles. The van der Waals surface area contributed by atoms with Gasteiger partial charge < -0.3 is 10.1 Å². The van der Waals surface area contributed by atoms with Crippen LogP contribution in [-0.2, 0) is 0 Å². The molecule has 1 atom stereocenters. The van der Waals surface area contributed by atoms with Gasteiger partial charge in [-0.25, -0.2) is 4.79 Å². The fourth-order valence-corrected chi connectivity index (χ4v) is 2.63. The van der Waals surface area contributed by atoms with Gasteiger partial charge in [0.15, 0.2) is 0 Å². The lowest BCUT2D eigenvalue weighted by Gasteiger charge is -2.15. The van der Waals surface area contributed by atoms with Crippen LogP contribution in [0.25, 0.3) is 11.3 Å². The van der Waals surface area contributed by atoms with E-state index in [0.717, 1.165) is 28.1 Å². The highest BCUT2D eigenvalue weighted by atomic mass is 16.5. The fraction of sp³-hybridized carbons (Fsp3) is 0.211. The van der Waals surface area contributed by atoms with Crippen LogP contribution in [0.15, 0.2) is 48.8 Å². The van der Waals surface area contributed by atoms with Crippen molar-refractivity contribution >= 4 is 11.8 Å². The number of anilines is 1. The molecule has 1 aromatic carbocycles. The lowest BCUT2D eigenvalue weighted by atomic mass is 10.1. The van der Waals surface area contributed by atoms with Gasteiger partial charge in [0.2, 0.25) is 0 Å². The van der Waals surface area contributed by atoms with E-state index < -0.39 is 0 Å². The Morgan fingerprint density at radius 2 is 2.12 bits per heavy atom. The fourth-order valence-electron chi connectivity index (χ4n) is 2.63. The highest BCUT2D eigenvalue weighted by Gasteiger charge is 2.12. The largest absolute Gasteiger partial charge is 0.497 e. The van der Waals surface area contributed by atoms with Gasteiger partial charge in [-0.2, -0.15) is 5.10 Å². The second-order valence-electron chi connectivity index (χ2n) is 5.95. The molecule has 134 valence electrons. The number of carbonyl (C=O) groups excluding carboxylic acids is 1. The molecule has 7 nitrogen and oxygen atoms in total. The van der Waals surface area contributed by atoms with Crippen molar-refractivity contribution in [3.05, 3.63) is 59.9 Å². The Hall–Kier alpha value is -3.35. The number of methoxy groups -OCH3 is 1. The Morgan fingerprint density at radius 3 is 2.88 bits per heavy atom. The van der Waals surface area contributed by atoms with Crippen LogP contribution in [0.5, 0.6) is 5.75 Å². The molecule has 0 spiro atoms. The molecule has 2 amide bonds. The molecule has 26 heavy (non-hydrogen) atoms. The number of aromatic nitrogens is 3. The summed E-state index contributed by atoms with van der Waals surface area (Å²) in [6, 6.07) is 10.8. The molecule has 0 aliphatic carbocycles. The summed E-state index contributed by atoms with van der Waals surface area (Å²) in [5.74, 6) is 1.27. The minimum absolute atomic E-state index is 0.171. The van der Waals surface area contributed by atoms with Crippen LogP contribution in [-0.4, -0.2) is 28.3 Å². The smallest absolute Gasteiger partial charge is 0.320 e. The second kappa shape index (κ2) is 7.69. The molecule has 0 fully saturated rings. The average Bonchev–Trinajstić information content (AvgIpc) is 3.10. The standard InChI is InChI=1S/C19H21N5O2/c1-12-11-20-8-7-16(12)17-10-18(24-23-17)22-19(25)21-13(2)14-5-4-6-15(9-14)26-3/h4-11,13H,1-3H3,(H3,21,22,23,24,25)/t13-/m1/s1. The van der Waals surface area contributed by atoms with E-state index in [1.165, 1.54) is 0 Å². The van der Waals surface area contributed by atoms with Crippen molar-refractivity contribution in [3.63, 3.8) is 0 Å². The lowest BCUT2D eigenvalue weighted by Crippen LogP contribution is -2.31. The zero-order valence-corrected chi connectivity index (χ0v) is 14.9. The first-order valence-electron chi connectivity index (χ1n) is 8.24. The molecule has 0 saturated carbocycles. The Morgan fingerprint density at radius 1 is 1.27 bits per heavy atom. The second-order valence-corrected chi connectivity index (χ2v) is 5.95. The normalized spacial score (nSPS) is 11.7. The molecule has 0 radical (unpaired) electrons. The summed E-state index contributed by atoms with van der Waals surface area (Å²) >= 11 is 0. The van der Waals surface area contributed by atoms with Crippen molar-refractivity contribution in [2.75, 3.05) is 12.4 Å². The third-order valence-corrected chi connectivity index (χ3v) is 4.06. The summed E-state index contributed by atoms with van der Waals surface area (Å²) in [7, 11) is 1.62. The number of nitrogens with one attached hydrogen (secondary N) is 3. The number of nitrogens with zero attached hydrogens (tertiary/aromatic N) is 2. The van der Waals surface area contributed by atoms with Crippen molar-refractivity contribution in [1.29, 1.82) is 0 Å². The minimum atomic E-state index is -0.318.